The minimum Gasteiger partial charge on any atom is -0.479 e. The van der Waals surface area contributed by atoms with Crippen LogP contribution in [0.15, 0.2) is 6.33 Å². The Morgan fingerprint density at radius 2 is 2.15 bits per heavy atom. The summed E-state index contributed by atoms with van der Waals surface area (Å²) in [6, 6.07) is -0.410. The molecule has 0 aliphatic carbocycles. The average Bonchev–Trinajstić information content (AvgIpc) is 2.72. The van der Waals surface area contributed by atoms with E-state index in [4.69, 9.17) is 17.0 Å². The van der Waals surface area contributed by atoms with Gasteiger partial charge in [-0.1, -0.05) is 0 Å². The van der Waals surface area contributed by atoms with E-state index in [9.17, 15) is 4.79 Å². The van der Waals surface area contributed by atoms with Crippen molar-refractivity contribution in [1.82, 2.24) is 24.8 Å². The number of H-pyrrole nitrogens is 1. The summed E-state index contributed by atoms with van der Waals surface area (Å²) in [5.41, 5.74) is 1.14. The van der Waals surface area contributed by atoms with Crippen molar-refractivity contribution in [3.05, 3.63) is 11.1 Å². The Balaban J connectivity index is 2.52. The van der Waals surface area contributed by atoms with E-state index in [1.807, 2.05) is 13.8 Å². The van der Waals surface area contributed by atoms with Gasteiger partial charge in [0.05, 0.1) is 7.11 Å². The molecular formula is C12H17N5O2S. The summed E-state index contributed by atoms with van der Waals surface area (Å²) in [4.78, 5) is 23.3. The minimum atomic E-state index is -0.474. The molecule has 1 amide bonds. The molecule has 0 aromatic carbocycles. The highest BCUT2D eigenvalue weighted by Crippen LogP contribution is 2.23. The number of aromatic amines is 1. The summed E-state index contributed by atoms with van der Waals surface area (Å²) >= 11 is 5.27. The van der Waals surface area contributed by atoms with Crippen LogP contribution in [0.1, 0.15) is 26.8 Å². The molecule has 0 saturated heterocycles. The Kier molecular flexibility index (Phi) is 4.03. The van der Waals surface area contributed by atoms with Gasteiger partial charge in [0.25, 0.3) is 0 Å². The van der Waals surface area contributed by atoms with E-state index >= 15 is 0 Å². The number of rotatable bonds is 4. The fourth-order valence-corrected chi connectivity index (χ4v) is 2.30. The molecular weight excluding hydrogens is 278 g/mol. The summed E-state index contributed by atoms with van der Waals surface area (Å²) in [6.07, 6.45) is 1.38. The number of nitrogens with one attached hydrogen (secondary N) is 2. The molecule has 0 aliphatic rings. The van der Waals surface area contributed by atoms with Crippen LogP contribution in [0, 0.1) is 4.77 Å². The van der Waals surface area contributed by atoms with Crippen LogP contribution in [0.4, 0.5) is 0 Å². The van der Waals surface area contributed by atoms with Gasteiger partial charge in [0, 0.05) is 6.04 Å². The molecule has 2 rings (SSSR count). The van der Waals surface area contributed by atoms with Crippen molar-refractivity contribution in [1.29, 1.82) is 0 Å². The Bertz CT molecular complexity index is 691. The van der Waals surface area contributed by atoms with Crippen LogP contribution in [-0.4, -0.2) is 38.6 Å². The van der Waals surface area contributed by atoms with Crippen LogP contribution in [0.5, 0.6) is 5.88 Å². The summed E-state index contributed by atoms with van der Waals surface area (Å²) in [6.45, 7) is 5.59. The normalized spacial score (nSPS) is 12.7. The first-order valence-electron chi connectivity index (χ1n) is 6.25. The van der Waals surface area contributed by atoms with Crippen molar-refractivity contribution in [2.75, 3.05) is 7.11 Å². The molecule has 0 bridgehead atoms. The largest absolute Gasteiger partial charge is 0.479 e. The Morgan fingerprint density at radius 1 is 1.45 bits per heavy atom. The highest BCUT2D eigenvalue weighted by Gasteiger charge is 2.21. The standard InChI is InChI=1S/C12H17N5O2S/c1-6(2)15-10(18)7(3)17-9-8(16-12(17)20)11(19-4)14-5-13-9/h5-7H,1-4H3,(H,15,18)(H,16,20). The van der Waals surface area contributed by atoms with Crippen LogP contribution >= 0.6 is 12.2 Å². The molecule has 0 radical (unpaired) electrons. The number of imidazole rings is 1. The lowest BCUT2D eigenvalue weighted by molar-refractivity contribution is -0.124. The number of carbonyl (C=O) groups is 1. The number of nitrogens with zero attached hydrogens (tertiary/aromatic N) is 3. The molecule has 7 nitrogen and oxygen atoms in total. The van der Waals surface area contributed by atoms with Crippen LogP contribution < -0.4 is 10.1 Å². The van der Waals surface area contributed by atoms with E-state index < -0.39 is 6.04 Å². The first-order valence-corrected chi connectivity index (χ1v) is 6.66. The third-order valence-corrected chi connectivity index (χ3v) is 3.16. The molecule has 0 saturated carbocycles. The van der Waals surface area contributed by atoms with Crippen LogP contribution in [0.25, 0.3) is 11.2 Å². The molecule has 2 heterocycles. The topological polar surface area (TPSA) is 84.8 Å². The van der Waals surface area contributed by atoms with Crippen molar-refractivity contribution >= 4 is 29.3 Å². The van der Waals surface area contributed by atoms with Gasteiger partial charge in [-0.15, -0.1) is 0 Å². The Labute approximate surface area is 121 Å². The van der Waals surface area contributed by atoms with Gasteiger partial charge < -0.3 is 15.0 Å². The van der Waals surface area contributed by atoms with E-state index in [1.165, 1.54) is 13.4 Å². The second-order valence-electron chi connectivity index (χ2n) is 4.72. The molecule has 20 heavy (non-hydrogen) atoms. The van der Waals surface area contributed by atoms with E-state index in [2.05, 4.69) is 20.3 Å². The van der Waals surface area contributed by atoms with Crippen LogP contribution in [0.2, 0.25) is 0 Å². The smallest absolute Gasteiger partial charge is 0.243 e. The average molecular weight is 295 g/mol. The first kappa shape index (κ1) is 14.4. The highest BCUT2D eigenvalue weighted by atomic mass is 32.1. The number of hydrogen-bond acceptors (Lipinski definition) is 5. The maximum atomic E-state index is 12.1. The molecule has 2 aromatic heterocycles. The summed E-state index contributed by atoms with van der Waals surface area (Å²) in [7, 11) is 1.52. The maximum Gasteiger partial charge on any atom is 0.243 e. The number of aromatic nitrogens is 4. The van der Waals surface area contributed by atoms with Crippen molar-refractivity contribution in [3.63, 3.8) is 0 Å². The van der Waals surface area contributed by atoms with Gasteiger partial charge in [-0.05, 0) is 33.0 Å². The minimum absolute atomic E-state index is 0.0634. The zero-order valence-corrected chi connectivity index (χ0v) is 12.6. The van der Waals surface area contributed by atoms with Crippen molar-refractivity contribution in [3.8, 4) is 5.88 Å². The molecule has 2 aromatic rings. The molecule has 0 aliphatic heterocycles. The maximum absolute atomic E-state index is 12.1. The first-order chi connectivity index (χ1) is 9.45. The Hall–Kier alpha value is -1.96. The molecule has 1 atom stereocenters. The summed E-state index contributed by atoms with van der Waals surface area (Å²) < 4.78 is 7.22. The number of hydrogen-bond donors (Lipinski definition) is 2. The van der Waals surface area contributed by atoms with E-state index in [0.717, 1.165) is 0 Å². The van der Waals surface area contributed by atoms with Gasteiger partial charge in [-0.3, -0.25) is 9.36 Å². The van der Waals surface area contributed by atoms with Crippen molar-refractivity contribution < 1.29 is 9.53 Å². The molecule has 0 spiro atoms. The fourth-order valence-electron chi connectivity index (χ4n) is 1.95. The number of carbonyl (C=O) groups excluding carboxylic acids is 1. The molecule has 8 heteroatoms. The molecule has 0 fully saturated rings. The zero-order valence-electron chi connectivity index (χ0n) is 11.8. The predicted octanol–water partition coefficient (Wildman–Crippen LogP) is 1.58. The van der Waals surface area contributed by atoms with E-state index in [0.29, 0.717) is 21.8 Å². The Morgan fingerprint density at radius 3 is 2.75 bits per heavy atom. The number of fused-ring (bicyclic) bond motifs is 1. The number of ether oxygens (including phenoxy) is 1. The van der Waals surface area contributed by atoms with Crippen LogP contribution in [-0.2, 0) is 4.79 Å². The summed E-state index contributed by atoms with van der Waals surface area (Å²) in [5, 5.41) is 2.86. The predicted molar refractivity (Wildman–Crippen MR) is 77.3 cm³/mol. The van der Waals surface area contributed by atoms with E-state index in [1.54, 1.807) is 11.5 Å². The van der Waals surface area contributed by atoms with Crippen molar-refractivity contribution in [2.24, 2.45) is 0 Å². The lowest BCUT2D eigenvalue weighted by Crippen LogP contribution is -2.35. The molecule has 108 valence electrons. The van der Waals surface area contributed by atoms with Gasteiger partial charge in [0.2, 0.25) is 11.8 Å². The monoisotopic (exact) mass is 295 g/mol. The van der Waals surface area contributed by atoms with Crippen molar-refractivity contribution in [2.45, 2.75) is 32.9 Å². The fraction of sp³-hybridized carbons (Fsp3) is 0.500. The number of methoxy groups -OCH3 is 1. The second-order valence-corrected chi connectivity index (χ2v) is 5.11. The molecule has 1 unspecified atom stereocenters. The lowest BCUT2D eigenvalue weighted by atomic mass is 10.3. The van der Waals surface area contributed by atoms with E-state index in [-0.39, 0.29) is 11.9 Å². The van der Waals surface area contributed by atoms with Gasteiger partial charge in [0.1, 0.15) is 17.9 Å². The van der Waals surface area contributed by atoms with Gasteiger partial charge in [0.15, 0.2) is 10.4 Å². The SMILES string of the molecule is COc1ncnc2c1[nH]c(=S)n2C(C)C(=O)NC(C)C. The van der Waals surface area contributed by atoms with Gasteiger partial charge in [-0.2, -0.15) is 4.98 Å². The van der Waals surface area contributed by atoms with Crippen LogP contribution in [0.3, 0.4) is 0 Å². The highest BCUT2D eigenvalue weighted by molar-refractivity contribution is 7.71. The van der Waals surface area contributed by atoms with Gasteiger partial charge in [-0.25, -0.2) is 4.98 Å². The quantitative estimate of drug-likeness (QED) is 0.837. The summed E-state index contributed by atoms with van der Waals surface area (Å²) in [5.74, 6) is 0.283. The lowest BCUT2D eigenvalue weighted by Gasteiger charge is -2.16. The van der Waals surface area contributed by atoms with Gasteiger partial charge >= 0.3 is 0 Å². The third kappa shape index (κ3) is 2.51. The second kappa shape index (κ2) is 5.58. The zero-order chi connectivity index (χ0) is 14.9. The molecule has 2 N–H and O–H groups in total. The number of amides is 1. The third-order valence-electron chi connectivity index (χ3n) is 2.86.